The van der Waals surface area contributed by atoms with E-state index in [1.54, 1.807) is 33.8 Å². The second-order valence-corrected chi connectivity index (χ2v) is 12.0. The number of carboxylic acids is 1. The number of hydrogen-bond acceptors (Lipinski definition) is 8. The largest absolute Gasteiger partial charge is 0.493 e. The number of alkyl carbamates (subject to hydrolysis) is 1. The van der Waals surface area contributed by atoms with E-state index in [0.717, 1.165) is 38.2 Å². The van der Waals surface area contributed by atoms with E-state index in [-0.39, 0.29) is 11.5 Å². The van der Waals surface area contributed by atoms with Gasteiger partial charge in [0.25, 0.3) is 0 Å². The molecule has 1 aromatic carbocycles. The lowest BCUT2D eigenvalue weighted by atomic mass is 9.84. The molecule has 1 amide bonds. The van der Waals surface area contributed by atoms with Crippen molar-refractivity contribution in [2.45, 2.75) is 91.2 Å². The van der Waals surface area contributed by atoms with Crippen molar-refractivity contribution in [3.05, 3.63) is 35.4 Å². The van der Waals surface area contributed by atoms with Crippen LogP contribution in [0.4, 0.5) is 15.2 Å². The average Bonchev–Trinajstić information content (AvgIpc) is 3.37. The maximum atomic E-state index is 15.0. The lowest BCUT2D eigenvalue weighted by molar-refractivity contribution is -0.140. The van der Waals surface area contributed by atoms with Crippen LogP contribution in [-0.2, 0) is 9.53 Å². The molecule has 40 heavy (non-hydrogen) atoms. The zero-order valence-electron chi connectivity index (χ0n) is 24.6. The van der Waals surface area contributed by atoms with E-state index in [2.05, 4.69) is 27.3 Å². The predicted molar refractivity (Wildman–Crippen MR) is 148 cm³/mol. The van der Waals surface area contributed by atoms with E-state index >= 15 is 0 Å². The van der Waals surface area contributed by atoms with Gasteiger partial charge < -0.3 is 29.3 Å². The van der Waals surface area contributed by atoms with Crippen LogP contribution in [0, 0.1) is 17.7 Å². The zero-order valence-corrected chi connectivity index (χ0v) is 24.6. The number of rotatable bonds is 11. The normalized spacial score (nSPS) is 16.9. The second kappa shape index (κ2) is 13.3. The molecule has 2 heterocycles. The van der Waals surface area contributed by atoms with Gasteiger partial charge >= 0.3 is 18.1 Å². The molecule has 222 valence electrons. The first kappa shape index (κ1) is 31.2. The minimum atomic E-state index is -1.36. The summed E-state index contributed by atoms with van der Waals surface area (Å²) in [5.41, 5.74) is -0.625. The molecule has 2 aromatic rings. The van der Waals surface area contributed by atoms with E-state index in [9.17, 15) is 19.1 Å². The number of nitrogens with zero attached hydrogens (tertiary/aromatic N) is 3. The minimum Gasteiger partial charge on any atom is -0.493 e. The number of nitrogens with one attached hydrogen (secondary N) is 1. The van der Waals surface area contributed by atoms with Crippen LogP contribution >= 0.6 is 0 Å². The van der Waals surface area contributed by atoms with Gasteiger partial charge in [0.05, 0.1) is 6.61 Å². The Bertz CT molecular complexity index is 1140. The Hall–Kier alpha value is -3.37. The summed E-state index contributed by atoms with van der Waals surface area (Å²) in [6, 6.07) is 3.62. The van der Waals surface area contributed by atoms with Gasteiger partial charge in [0.2, 0.25) is 0 Å². The molecule has 0 radical (unpaired) electrons. The highest BCUT2D eigenvalue weighted by molar-refractivity contribution is 5.81. The van der Waals surface area contributed by atoms with Gasteiger partial charge in [-0.3, -0.25) is 0 Å². The third-order valence-corrected chi connectivity index (χ3v) is 7.30. The van der Waals surface area contributed by atoms with Crippen molar-refractivity contribution < 1.29 is 33.1 Å². The molecule has 1 aliphatic heterocycles. The maximum absolute atomic E-state index is 15.0. The Morgan fingerprint density at radius 2 is 1.88 bits per heavy atom. The minimum absolute atomic E-state index is 0.165. The molecule has 0 aliphatic carbocycles. The Morgan fingerprint density at radius 3 is 2.42 bits per heavy atom. The number of piperidine rings is 1. The quantitative estimate of drug-likeness (QED) is 0.353. The molecule has 11 heteroatoms. The summed E-state index contributed by atoms with van der Waals surface area (Å²) in [6.07, 6.45) is 1.98. The smallest absolute Gasteiger partial charge is 0.408 e. The number of aliphatic carboxylic acids is 1. The second-order valence-electron chi connectivity index (χ2n) is 12.0. The van der Waals surface area contributed by atoms with Crippen LogP contribution in [0.25, 0.3) is 0 Å². The van der Waals surface area contributed by atoms with Gasteiger partial charge in [0, 0.05) is 31.0 Å². The molecule has 1 unspecified atom stereocenters. The van der Waals surface area contributed by atoms with Gasteiger partial charge in [-0.25, -0.2) is 14.0 Å². The molecule has 2 N–H and O–H groups in total. The molecule has 0 spiro atoms. The number of carbonyl (C=O) groups is 2. The summed E-state index contributed by atoms with van der Waals surface area (Å²) in [5, 5.41) is 16.0. The van der Waals surface area contributed by atoms with Gasteiger partial charge in [-0.1, -0.05) is 38.9 Å². The molecule has 1 aromatic heterocycles. The zero-order chi connectivity index (χ0) is 29.6. The van der Waals surface area contributed by atoms with E-state index < -0.39 is 35.4 Å². The third-order valence-electron chi connectivity index (χ3n) is 7.30. The average molecular weight is 563 g/mol. The number of aromatic nitrogens is 2. The summed E-state index contributed by atoms with van der Waals surface area (Å²) in [5.74, 6) is -0.423. The molecule has 3 atom stereocenters. The Labute approximate surface area is 235 Å². The van der Waals surface area contributed by atoms with E-state index in [1.807, 2.05) is 13.8 Å². The number of halogens is 1. The number of carboxylic acid groups (broad SMARTS) is 1. The van der Waals surface area contributed by atoms with E-state index in [0.29, 0.717) is 30.2 Å². The van der Waals surface area contributed by atoms with Crippen LogP contribution in [0.1, 0.15) is 91.0 Å². The Balaban J connectivity index is 1.48. The maximum Gasteiger partial charge on any atom is 0.408 e. The van der Waals surface area contributed by atoms with Crippen molar-refractivity contribution in [3.63, 3.8) is 0 Å². The Morgan fingerprint density at radius 1 is 1.20 bits per heavy atom. The molecule has 0 bridgehead atoms. The van der Waals surface area contributed by atoms with Crippen LogP contribution in [0.2, 0.25) is 0 Å². The molecule has 1 fully saturated rings. The monoisotopic (exact) mass is 562 g/mol. The van der Waals surface area contributed by atoms with Gasteiger partial charge in [-0.15, -0.1) is 0 Å². The number of anilines is 1. The lowest BCUT2D eigenvalue weighted by Gasteiger charge is -2.33. The SMILES string of the molecule is CC(C)c1noc(N2CCC(C(C)CCOc3ccc([C@H](C)[C@H](NC(=O)OC(C)(C)C)C(=O)O)c(F)c3)CC2)n1. The molecule has 0 saturated carbocycles. The lowest BCUT2D eigenvalue weighted by Crippen LogP contribution is -2.46. The van der Waals surface area contributed by atoms with Crippen LogP contribution in [-0.4, -0.2) is 58.6 Å². The van der Waals surface area contributed by atoms with Crippen molar-refractivity contribution in [2.75, 3.05) is 24.6 Å². The summed E-state index contributed by atoms with van der Waals surface area (Å²) in [7, 11) is 0. The number of benzene rings is 1. The van der Waals surface area contributed by atoms with Crippen molar-refractivity contribution >= 4 is 18.1 Å². The topological polar surface area (TPSA) is 127 Å². The third kappa shape index (κ3) is 8.56. The number of carbonyl (C=O) groups excluding carboxylic acids is 1. The highest BCUT2D eigenvalue weighted by Crippen LogP contribution is 2.30. The highest BCUT2D eigenvalue weighted by Gasteiger charge is 2.31. The van der Waals surface area contributed by atoms with Gasteiger partial charge in [-0.2, -0.15) is 4.98 Å². The molecular weight excluding hydrogens is 519 g/mol. The van der Waals surface area contributed by atoms with E-state index in [1.165, 1.54) is 12.1 Å². The van der Waals surface area contributed by atoms with Gasteiger partial charge in [0.15, 0.2) is 5.82 Å². The highest BCUT2D eigenvalue weighted by atomic mass is 19.1. The molecular formula is C29H43FN4O6. The summed E-state index contributed by atoms with van der Waals surface area (Å²) >= 11 is 0. The van der Waals surface area contributed by atoms with Gasteiger partial charge in [0.1, 0.15) is 23.2 Å². The van der Waals surface area contributed by atoms with Crippen molar-refractivity contribution in [1.29, 1.82) is 0 Å². The molecule has 10 nitrogen and oxygen atoms in total. The van der Waals surface area contributed by atoms with Crippen LogP contribution in [0.3, 0.4) is 0 Å². The predicted octanol–water partition coefficient (Wildman–Crippen LogP) is 5.74. The summed E-state index contributed by atoms with van der Waals surface area (Å²) in [4.78, 5) is 30.6. The molecule has 3 rings (SSSR count). The standard InChI is InChI=1S/C29H43FN4O6/c1-17(2)25-32-27(40-33-25)34-13-10-20(11-14-34)18(3)12-15-38-21-8-9-22(23(30)16-21)19(4)24(26(35)36)31-28(37)39-29(5,6)7/h8-9,16-20,24H,10-15H2,1-7H3,(H,31,37)(H,35,36)/t18?,19-,24-/m0/s1. The molecule has 1 saturated heterocycles. The first-order valence-electron chi connectivity index (χ1n) is 14.0. The summed E-state index contributed by atoms with van der Waals surface area (Å²) in [6.45, 7) is 15.0. The van der Waals surface area contributed by atoms with Crippen LogP contribution in [0.5, 0.6) is 5.75 Å². The number of hydrogen-bond donors (Lipinski definition) is 2. The fourth-order valence-corrected chi connectivity index (χ4v) is 4.83. The van der Waals surface area contributed by atoms with E-state index in [4.69, 9.17) is 14.0 Å². The number of ether oxygens (including phenoxy) is 2. The van der Waals surface area contributed by atoms with Crippen LogP contribution in [0.15, 0.2) is 22.7 Å². The Kier molecular flexibility index (Phi) is 10.4. The fourth-order valence-electron chi connectivity index (χ4n) is 4.83. The van der Waals surface area contributed by atoms with Crippen molar-refractivity contribution in [1.82, 2.24) is 15.5 Å². The van der Waals surface area contributed by atoms with Crippen molar-refractivity contribution in [2.24, 2.45) is 11.8 Å². The first-order chi connectivity index (χ1) is 18.7. The number of amides is 1. The summed E-state index contributed by atoms with van der Waals surface area (Å²) < 4.78 is 31.4. The van der Waals surface area contributed by atoms with Gasteiger partial charge in [-0.05, 0) is 63.5 Å². The molecule has 1 aliphatic rings. The first-order valence-corrected chi connectivity index (χ1v) is 14.0. The van der Waals surface area contributed by atoms with Crippen molar-refractivity contribution in [3.8, 4) is 5.75 Å². The van der Waals surface area contributed by atoms with Crippen LogP contribution < -0.4 is 15.0 Å². The fraction of sp³-hybridized carbons (Fsp3) is 0.655.